The fourth-order valence-corrected chi connectivity index (χ4v) is 7.39. The van der Waals surface area contributed by atoms with Crippen molar-refractivity contribution in [3.63, 3.8) is 0 Å². The fourth-order valence-electron chi connectivity index (χ4n) is 6.29. The van der Waals surface area contributed by atoms with Crippen LogP contribution >= 0.6 is 23.2 Å². The van der Waals surface area contributed by atoms with E-state index in [4.69, 9.17) is 27.9 Å². The lowest BCUT2D eigenvalue weighted by atomic mass is 9.54. The lowest BCUT2D eigenvalue weighted by Gasteiger charge is -2.54. The second kappa shape index (κ2) is 8.79. The van der Waals surface area contributed by atoms with E-state index in [2.05, 4.69) is 0 Å². The quantitative estimate of drug-likeness (QED) is 0.192. The van der Waals surface area contributed by atoms with E-state index in [1.54, 1.807) is 30.3 Å². The molecular weight excluding hydrogens is 525 g/mol. The maximum absolute atomic E-state index is 13.8. The predicted octanol–water partition coefficient (Wildman–Crippen LogP) is 4.78. The largest absolute Gasteiger partial charge is 0.454 e. The normalized spacial score (nSPS) is 27.4. The van der Waals surface area contributed by atoms with Crippen molar-refractivity contribution in [2.75, 3.05) is 6.54 Å². The van der Waals surface area contributed by atoms with Crippen molar-refractivity contribution in [2.45, 2.75) is 29.2 Å². The minimum atomic E-state index is -1.27. The summed E-state index contributed by atoms with van der Waals surface area (Å²) in [4.78, 5) is 51.3. The first-order valence-corrected chi connectivity index (χ1v) is 13.2. The lowest BCUT2D eigenvalue weighted by molar-refractivity contribution is -0.148. The van der Waals surface area contributed by atoms with Crippen molar-refractivity contribution in [3.05, 3.63) is 107 Å². The monoisotopic (exact) mass is 547 g/mol. The average Bonchev–Trinajstić information content (AvgIpc) is 3.20. The molecule has 3 aromatic rings. The molecule has 0 spiro atoms. The van der Waals surface area contributed by atoms with Crippen LogP contribution in [0.15, 0.2) is 78.9 Å². The van der Waals surface area contributed by atoms with Crippen LogP contribution in [0.2, 0.25) is 0 Å². The summed E-state index contributed by atoms with van der Waals surface area (Å²) in [5.41, 5.74) is 3.29. The summed E-state index contributed by atoms with van der Waals surface area (Å²) < 4.78 is 5.32. The molecule has 0 radical (unpaired) electrons. The highest BCUT2D eigenvalue weighted by molar-refractivity contribution is 6.36. The van der Waals surface area contributed by atoms with Crippen molar-refractivity contribution in [1.29, 1.82) is 0 Å². The third-order valence-electron chi connectivity index (χ3n) is 7.95. The second-order valence-electron chi connectivity index (χ2n) is 9.91. The van der Waals surface area contributed by atoms with Gasteiger partial charge in [-0.25, -0.2) is 0 Å². The van der Waals surface area contributed by atoms with Crippen LogP contribution in [-0.4, -0.2) is 41.1 Å². The van der Waals surface area contributed by atoms with Gasteiger partial charge in [-0.2, -0.15) is 0 Å². The van der Waals surface area contributed by atoms with Gasteiger partial charge < -0.3 is 4.74 Å². The van der Waals surface area contributed by atoms with Crippen molar-refractivity contribution in [3.8, 4) is 0 Å². The first kappa shape index (κ1) is 24.8. The molecule has 192 valence electrons. The summed E-state index contributed by atoms with van der Waals surface area (Å²) >= 11 is 14.8. The molecular formula is C30H23Cl2NO5. The molecule has 7 rings (SSSR count). The average molecular weight is 548 g/mol. The van der Waals surface area contributed by atoms with Gasteiger partial charge in [0.25, 0.3) is 0 Å². The number of Topliss-reactive ketones (excluding diaryl/α,β-unsaturated/α-hetero) is 1. The van der Waals surface area contributed by atoms with E-state index in [1.807, 2.05) is 48.5 Å². The molecule has 2 bridgehead atoms. The molecule has 0 aromatic heterocycles. The van der Waals surface area contributed by atoms with Gasteiger partial charge in [0.05, 0.1) is 18.3 Å². The van der Waals surface area contributed by atoms with Crippen molar-refractivity contribution in [2.24, 2.45) is 11.8 Å². The summed E-state index contributed by atoms with van der Waals surface area (Å²) in [7, 11) is 0. The standard InChI is InChI=1S/C30H23Cl2NO5/c1-17(26(35)18-9-3-2-4-10-18)38-23(34)15-16-33-27(36)24-25(28(33)37)30(32)20-12-6-5-11-19(20)29(24,31)21-13-7-8-14-22(21)30/h2-14,17,24-25H,15-16H2,1H3/t17-,24-,25+,29?,30?/m1/s1. The van der Waals surface area contributed by atoms with Crippen LogP contribution in [0, 0.1) is 11.8 Å². The highest BCUT2D eigenvalue weighted by atomic mass is 35.5. The van der Waals surface area contributed by atoms with Crippen LogP contribution in [0.25, 0.3) is 0 Å². The molecule has 8 heteroatoms. The van der Waals surface area contributed by atoms with Gasteiger partial charge in [-0.05, 0) is 29.2 Å². The van der Waals surface area contributed by atoms with Gasteiger partial charge in [-0.3, -0.25) is 24.1 Å². The van der Waals surface area contributed by atoms with E-state index in [1.165, 1.54) is 6.92 Å². The van der Waals surface area contributed by atoms with Crippen LogP contribution in [0.5, 0.6) is 0 Å². The molecule has 1 heterocycles. The molecule has 3 atom stereocenters. The van der Waals surface area contributed by atoms with Crippen molar-refractivity contribution < 1.29 is 23.9 Å². The summed E-state index contributed by atoms with van der Waals surface area (Å²) in [6, 6.07) is 23.3. The lowest BCUT2D eigenvalue weighted by Crippen LogP contribution is -2.57. The number of rotatable bonds is 6. The first-order chi connectivity index (χ1) is 18.2. The Balaban J connectivity index is 1.26. The number of imide groups is 1. The molecule has 3 aliphatic carbocycles. The van der Waals surface area contributed by atoms with Gasteiger partial charge in [0.2, 0.25) is 17.6 Å². The molecule has 2 amide bonds. The van der Waals surface area contributed by atoms with Gasteiger partial charge >= 0.3 is 5.97 Å². The second-order valence-corrected chi connectivity index (χ2v) is 11.1. The zero-order chi connectivity index (χ0) is 26.8. The molecule has 1 aliphatic heterocycles. The first-order valence-electron chi connectivity index (χ1n) is 12.4. The number of halogens is 2. The SMILES string of the molecule is C[C@@H](OC(=O)CCN1C(=O)[C@@H]2[C@H](C1=O)C1(Cl)c3ccccc3C2(Cl)c2ccccc21)C(=O)c1ccccc1. The zero-order valence-electron chi connectivity index (χ0n) is 20.4. The number of amides is 2. The van der Waals surface area contributed by atoms with Crippen LogP contribution in [0.3, 0.4) is 0 Å². The Labute approximate surface area is 229 Å². The maximum atomic E-state index is 13.8. The number of benzene rings is 3. The number of likely N-dealkylation sites (tertiary alicyclic amines) is 1. The molecule has 4 aliphatic rings. The Morgan fingerprint density at radius 1 is 0.789 bits per heavy atom. The predicted molar refractivity (Wildman–Crippen MR) is 141 cm³/mol. The van der Waals surface area contributed by atoms with E-state index in [0.29, 0.717) is 27.8 Å². The zero-order valence-corrected chi connectivity index (χ0v) is 21.9. The van der Waals surface area contributed by atoms with E-state index in [-0.39, 0.29) is 18.7 Å². The van der Waals surface area contributed by atoms with Gasteiger partial charge in [-0.1, -0.05) is 78.9 Å². The van der Waals surface area contributed by atoms with Crippen LogP contribution in [0.4, 0.5) is 0 Å². The maximum Gasteiger partial charge on any atom is 0.308 e. The topological polar surface area (TPSA) is 80.8 Å². The molecule has 38 heavy (non-hydrogen) atoms. The Kier molecular flexibility index (Phi) is 5.74. The summed E-state index contributed by atoms with van der Waals surface area (Å²) in [6.07, 6.45) is -1.26. The van der Waals surface area contributed by atoms with Crippen molar-refractivity contribution in [1.82, 2.24) is 4.90 Å². The number of carbonyl (C=O) groups is 4. The Morgan fingerprint density at radius 3 is 1.66 bits per heavy atom. The van der Waals surface area contributed by atoms with Gasteiger partial charge in [0.1, 0.15) is 9.75 Å². The van der Waals surface area contributed by atoms with E-state index < -0.39 is 45.5 Å². The number of ether oxygens (including phenoxy) is 1. The fraction of sp³-hybridized carbons (Fsp3) is 0.267. The third-order valence-corrected chi connectivity index (χ3v) is 9.24. The minimum Gasteiger partial charge on any atom is -0.454 e. The molecule has 0 unspecified atom stereocenters. The highest BCUT2D eigenvalue weighted by Crippen LogP contribution is 2.69. The molecule has 0 saturated carbocycles. The Morgan fingerprint density at radius 2 is 1.21 bits per heavy atom. The van der Waals surface area contributed by atoms with Gasteiger partial charge in [0, 0.05) is 12.1 Å². The van der Waals surface area contributed by atoms with E-state index in [0.717, 1.165) is 4.90 Å². The minimum absolute atomic E-state index is 0.192. The number of alkyl halides is 2. The van der Waals surface area contributed by atoms with Crippen LogP contribution in [-0.2, 0) is 28.9 Å². The van der Waals surface area contributed by atoms with Crippen LogP contribution in [0.1, 0.15) is 46.0 Å². The molecule has 1 fully saturated rings. The smallest absolute Gasteiger partial charge is 0.308 e. The van der Waals surface area contributed by atoms with Gasteiger partial charge in [0.15, 0.2) is 6.10 Å². The highest BCUT2D eigenvalue weighted by Gasteiger charge is 2.72. The molecule has 3 aromatic carbocycles. The number of carbonyl (C=O) groups excluding carboxylic acids is 4. The van der Waals surface area contributed by atoms with E-state index in [9.17, 15) is 19.2 Å². The number of esters is 1. The van der Waals surface area contributed by atoms with E-state index >= 15 is 0 Å². The van der Waals surface area contributed by atoms with Crippen molar-refractivity contribution >= 4 is 46.8 Å². The summed E-state index contributed by atoms with van der Waals surface area (Å²) in [5, 5.41) is 0. The Bertz CT molecular complexity index is 1380. The molecule has 1 saturated heterocycles. The summed E-state index contributed by atoms with van der Waals surface area (Å²) in [6.45, 7) is 1.30. The number of ketones is 1. The summed E-state index contributed by atoms with van der Waals surface area (Å²) in [5.74, 6) is -3.80. The van der Waals surface area contributed by atoms with Crippen LogP contribution < -0.4 is 0 Å². The third kappa shape index (κ3) is 3.26. The number of nitrogens with zero attached hydrogens (tertiary/aromatic N) is 1. The van der Waals surface area contributed by atoms with Gasteiger partial charge in [-0.15, -0.1) is 23.2 Å². The molecule has 0 N–H and O–H groups in total. The number of hydrogen-bond donors (Lipinski definition) is 0. The molecule has 6 nitrogen and oxygen atoms in total. The number of hydrogen-bond acceptors (Lipinski definition) is 5. The Hall–Kier alpha value is -3.48.